The van der Waals surface area contributed by atoms with Gasteiger partial charge in [-0.2, -0.15) is 5.10 Å². The van der Waals surface area contributed by atoms with Crippen molar-refractivity contribution < 1.29 is 13.2 Å². The van der Waals surface area contributed by atoms with Crippen LogP contribution >= 0.6 is 0 Å². The number of aromatic amines is 1. The lowest BCUT2D eigenvalue weighted by Crippen LogP contribution is -2.27. The Bertz CT molecular complexity index is 694. The molecule has 7 heteroatoms. The van der Waals surface area contributed by atoms with Crippen LogP contribution in [-0.4, -0.2) is 25.7 Å². The molecule has 20 heavy (non-hydrogen) atoms. The zero-order valence-electron chi connectivity index (χ0n) is 11.5. The van der Waals surface area contributed by atoms with Crippen molar-refractivity contribution in [3.63, 3.8) is 0 Å². The molecular formula is C13H17N3O3S. The second kappa shape index (κ2) is 5.64. The number of benzene rings is 1. The minimum Gasteiger partial charge on any atom is -0.497 e. The SMILES string of the molecule is COc1cccc(C(C)NS(=O)(=O)c2cn[nH]c2C)c1. The van der Waals surface area contributed by atoms with Gasteiger partial charge in [0, 0.05) is 6.04 Å². The second-order valence-electron chi connectivity index (χ2n) is 4.48. The Morgan fingerprint density at radius 2 is 2.15 bits per heavy atom. The van der Waals surface area contributed by atoms with E-state index in [-0.39, 0.29) is 10.9 Å². The van der Waals surface area contributed by atoms with Gasteiger partial charge in [-0.3, -0.25) is 5.10 Å². The predicted octanol–water partition coefficient (Wildman–Crippen LogP) is 1.77. The molecule has 108 valence electrons. The van der Waals surface area contributed by atoms with Gasteiger partial charge in [0.05, 0.1) is 19.0 Å². The Morgan fingerprint density at radius 3 is 2.75 bits per heavy atom. The fourth-order valence-electron chi connectivity index (χ4n) is 1.89. The van der Waals surface area contributed by atoms with Gasteiger partial charge in [0.15, 0.2) is 0 Å². The van der Waals surface area contributed by atoms with Crippen molar-refractivity contribution in [2.24, 2.45) is 0 Å². The van der Waals surface area contributed by atoms with Crippen LogP contribution in [0.15, 0.2) is 35.4 Å². The molecule has 0 aliphatic heterocycles. The van der Waals surface area contributed by atoms with E-state index in [4.69, 9.17) is 4.74 Å². The largest absolute Gasteiger partial charge is 0.497 e. The van der Waals surface area contributed by atoms with Crippen LogP contribution in [0.4, 0.5) is 0 Å². The minimum atomic E-state index is -3.60. The number of methoxy groups -OCH3 is 1. The van der Waals surface area contributed by atoms with Crippen LogP contribution in [0, 0.1) is 6.92 Å². The number of H-pyrrole nitrogens is 1. The van der Waals surface area contributed by atoms with E-state index in [1.54, 1.807) is 27.0 Å². The molecule has 1 aromatic carbocycles. The van der Waals surface area contributed by atoms with Gasteiger partial charge in [-0.05, 0) is 31.5 Å². The molecule has 2 aromatic rings. The van der Waals surface area contributed by atoms with Crippen LogP contribution in [0.3, 0.4) is 0 Å². The highest BCUT2D eigenvalue weighted by atomic mass is 32.2. The number of aromatic nitrogens is 2. The standard InChI is InChI=1S/C13H17N3O3S/c1-9(11-5-4-6-12(7-11)19-3)16-20(17,18)13-8-14-15-10(13)2/h4-9,16H,1-3H3,(H,14,15). The highest BCUT2D eigenvalue weighted by Gasteiger charge is 2.21. The summed E-state index contributed by atoms with van der Waals surface area (Å²) in [5.41, 5.74) is 1.34. The molecule has 1 heterocycles. The third kappa shape index (κ3) is 3.00. The molecule has 0 radical (unpaired) electrons. The number of hydrogen-bond acceptors (Lipinski definition) is 4. The van der Waals surface area contributed by atoms with E-state index in [0.717, 1.165) is 5.56 Å². The van der Waals surface area contributed by atoms with Crippen molar-refractivity contribution in [3.05, 3.63) is 41.7 Å². The first-order chi connectivity index (χ1) is 9.44. The van der Waals surface area contributed by atoms with Crippen molar-refractivity contribution >= 4 is 10.0 Å². The lowest BCUT2D eigenvalue weighted by atomic mass is 10.1. The van der Waals surface area contributed by atoms with E-state index in [1.165, 1.54) is 6.20 Å². The number of aryl methyl sites for hydroxylation is 1. The molecule has 0 aliphatic carbocycles. The normalized spacial score (nSPS) is 13.2. The zero-order chi connectivity index (χ0) is 14.8. The van der Waals surface area contributed by atoms with Gasteiger partial charge < -0.3 is 4.74 Å². The molecule has 1 atom stereocenters. The van der Waals surface area contributed by atoms with Gasteiger partial charge in [-0.15, -0.1) is 0 Å². The van der Waals surface area contributed by atoms with Gasteiger partial charge in [0.2, 0.25) is 10.0 Å². The number of rotatable bonds is 5. The van der Waals surface area contributed by atoms with E-state index in [9.17, 15) is 8.42 Å². The molecule has 0 bridgehead atoms. The second-order valence-corrected chi connectivity index (χ2v) is 6.16. The van der Waals surface area contributed by atoms with Crippen molar-refractivity contribution in [1.82, 2.24) is 14.9 Å². The minimum absolute atomic E-state index is 0.159. The summed E-state index contributed by atoms with van der Waals surface area (Å²) >= 11 is 0. The summed E-state index contributed by atoms with van der Waals surface area (Å²) in [6.07, 6.45) is 1.30. The summed E-state index contributed by atoms with van der Waals surface area (Å²) in [4.78, 5) is 0.159. The Hall–Kier alpha value is -1.86. The van der Waals surface area contributed by atoms with E-state index in [2.05, 4.69) is 14.9 Å². The average Bonchev–Trinajstić information content (AvgIpc) is 2.85. The number of nitrogens with one attached hydrogen (secondary N) is 2. The van der Waals surface area contributed by atoms with Crippen molar-refractivity contribution in [2.75, 3.05) is 7.11 Å². The summed E-state index contributed by atoms with van der Waals surface area (Å²) in [6, 6.07) is 6.91. The fraction of sp³-hybridized carbons (Fsp3) is 0.308. The van der Waals surface area contributed by atoms with Crippen LogP contribution in [0.2, 0.25) is 0 Å². The summed E-state index contributed by atoms with van der Waals surface area (Å²) < 4.78 is 32.3. The predicted molar refractivity (Wildman–Crippen MR) is 75.1 cm³/mol. The molecule has 0 spiro atoms. The topological polar surface area (TPSA) is 84.1 Å². The van der Waals surface area contributed by atoms with Crippen molar-refractivity contribution in [3.8, 4) is 5.75 Å². The number of sulfonamides is 1. The number of ether oxygens (including phenoxy) is 1. The molecule has 1 unspecified atom stereocenters. The maximum atomic E-state index is 12.2. The Labute approximate surface area is 118 Å². The smallest absolute Gasteiger partial charge is 0.244 e. The van der Waals surface area contributed by atoms with E-state index >= 15 is 0 Å². The Balaban J connectivity index is 2.23. The van der Waals surface area contributed by atoms with Crippen molar-refractivity contribution in [2.45, 2.75) is 24.8 Å². The molecule has 0 saturated heterocycles. The maximum Gasteiger partial charge on any atom is 0.244 e. The first-order valence-corrected chi connectivity index (χ1v) is 7.58. The third-order valence-corrected chi connectivity index (χ3v) is 4.65. The van der Waals surface area contributed by atoms with Crippen LogP contribution in [0.25, 0.3) is 0 Å². The maximum absolute atomic E-state index is 12.2. The van der Waals surface area contributed by atoms with Gasteiger partial charge in [0.25, 0.3) is 0 Å². The molecule has 0 aliphatic rings. The van der Waals surface area contributed by atoms with Crippen LogP contribution in [0.5, 0.6) is 5.75 Å². The lowest BCUT2D eigenvalue weighted by Gasteiger charge is -2.15. The first-order valence-electron chi connectivity index (χ1n) is 6.10. The Morgan fingerprint density at radius 1 is 1.40 bits per heavy atom. The summed E-state index contributed by atoms with van der Waals surface area (Å²) in [5.74, 6) is 0.688. The first kappa shape index (κ1) is 14.5. The Kier molecular flexibility index (Phi) is 4.10. The average molecular weight is 295 g/mol. The number of hydrogen-bond donors (Lipinski definition) is 2. The lowest BCUT2D eigenvalue weighted by molar-refractivity contribution is 0.413. The molecule has 2 rings (SSSR count). The molecule has 1 aromatic heterocycles. The molecule has 0 amide bonds. The molecular weight excluding hydrogens is 278 g/mol. The highest BCUT2D eigenvalue weighted by molar-refractivity contribution is 7.89. The van der Waals surface area contributed by atoms with Crippen molar-refractivity contribution in [1.29, 1.82) is 0 Å². The molecule has 2 N–H and O–H groups in total. The van der Waals surface area contributed by atoms with Crippen LogP contribution in [0.1, 0.15) is 24.2 Å². The van der Waals surface area contributed by atoms with Gasteiger partial charge >= 0.3 is 0 Å². The molecule has 6 nitrogen and oxygen atoms in total. The van der Waals surface area contributed by atoms with Crippen LogP contribution in [-0.2, 0) is 10.0 Å². The number of nitrogens with zero attached hydrogens (tertiary/aromatic N) is 1. The summed E-state index contributed by atoms with van der Waals surface area (Å²) in [5, 5.41) is 6.35. The van der Waals surface area contributed by atoms with Gasteiger partial charge in [-0.25, -0.2) is 13.1 Å². The highest BCUT2D eigenvalue weighted by Crippen LogP contribution is 2.21. The third-order valence-electron chi connectivity index (χ3n) is 3.00. The monoisotopic (exact) mass is 295 g/mol. The van der Waals surface area contributed by atoms with E-state index in [1.807, 2.05) is 18.2 Å². The fourth-order valence-corrected chi connectivity index (χ4v) is 3.25. The van der Waals surface area contributed by atoms with Crippen LogP contribution < -0.4 is 9.46 Å². The van der Waals surface area contributed by atoms with Gasteiger partial charge in [0.1, 0.15) is 10.6 Å². The molecule has 0 saturated carbocycles. The van der Waals surface area contributed by atoms with Gasteiger partial charge in [-0.1, -0.05) is 12.1 Å². The summed E-state index contributed by atoms with van der Waals surface area (Å²) in [6.45, 7) is 3.44. The zero-order valence-corrected chi connectivity index (χ0v) is 12.4. The quantitative estimate of drug-likeness (QED) is 0.880. The molecule has 0 fully saturated rings. The summed E-state index contributed by atoms with van der Waals surface area (Å²) in [7, 11) is -2.03. The van der Waals surface area contributed by atoms with E-state index < -0.39 is 10.0 Å². The van der Waals surface area contributed by atoms with E-state index in [0.29, 0.717) is 11.4 Å².